The topological polar surface area (TPSA) is 93.6 Å². The molecular formula is C22H17N5O. The van der Waals surface area contributed by atoms with Gasteiger partial charge in [0.15, 0.2) is 0 Å². The van der Waals surface area contributed by atoms with Crippen molar-refractivity contribution in [1.82, 2.24) is 9.97 Å². The SMILES string of the molecule is N#Cc1ccc(Nc2ccc(NC(=O)Cc3c[nH]c4ccccc34)nc2)cc1. The number of aromatic amines is 1. The highest BCUT2D eigenvalue weighted by Crippen LogP contribution is 2.20. The molecule has 0 unspecified atom stereocenters. The number of hydrogen-bond acceptors (Lipinski definition) is 4. The maximum absolute atomic E-state index is 12.4. The Morgan fingerprint density at radius 3 is 2.57 bits per heavy atom. The van der Waals surface area contributed by atoms with E-state index in [4.69, 9.17) is 5.26 Å². The van der Waals surface area contributed by atoms with Gasteiger partial charge in [0.05, 0.1) is 29.9 Å². The van der Waals surface area contributed by atoms with E-state index in [-0.39, 0.29) is 12.3 Å². The van der Waals surface area contributed by atoms with Gasteiger partial charge in [0, 0.05) is 22.8 Å². The summed E-state index contributed by atoms with van der Waals surface area (Å²) in [5, 5.41) is 15.9. The maximum atomic E-state index is 12.4. The van der Waals surface area contributed by atoms with E-state index in [2.05, 4.69) is 26.7 Å². The molecule has 2 heterocycles. The average molecular weight is 367 g/mol. The van der Waals surface area contributed by atoms with Crippen LogP contribution in [-0.4, -0.2) is 15.9 Å². The summed E-state index contributed by atoms with van der Waals surface area (Å²) >= 11 is 0. The number of hydrogen-bond donors (Lipinski definition) is 3. The fourth-order valence-electron chi connectivity index (χ4n) is 2.97. The Morgan fingerprint density at radius 2 is 1.82 bits per heavy atom. The molecule has 3 N–H and O–H groups in total. The molecule has 136 valence electrons. The lowest BCUT2D eigenvalue weighted by molar-refractivity contribution is -0.115. The normalized spacial score (nSPS) is 10.4. The standard InChI is InChI=1S/C22H17N5O/c23-12-15-5-7-17(8-6-15)26-18-9-10-21(25-14-18)27-22(28)11-16-13-24-20-4-2-1-3-19(16)20/h1-10,13-14,24,26H,11H2,(H,25,27,28). The van der Waals surface area contributed by atoms with Gasteiger partial charge in [-0.3, -0.25) is 4.79 Å². The van der Waals surface area contributed by atoms with Crippen LogP contribution in [0.5, 0.6) is 0 Å². The first-order valence-corrected chi connectivity index (χ1v) is 8.79. The van der Waals surface area contributed by atoms with Crippen LogP contribution in [0.2, 0.25) is 0 Å². The Hall–Kier alpha value is -4.11. The zero-order chi connectivity index (χ0) is 19.3. The summed E-state index contributed by atoms with van der Waals surface area (Å²) < 4.78 is 0. The summed E-state index contributed by atoms with van der Waals surface area (Å²) in [5.74, 6) is 0.375. The Kier molecular flexibility index (Phi) is 4.72. The van der Waals surface area contributed by atoms with Crippen LogP contribution in [0, 0.1) is 11.3 Å². The molecule has 4 aromatic rings. The van der Waals surface area contributed by atoms with Crippen LogP contribution in [0.25, 0.3) is 10.9 Å². The van der Waals surface area contributed by atoms with E-state index in [1.807, 2.05) is 48.7 Å². The fraction of sp³-hybridized carbons (Fsp3) is 0.0455. The van der Waals surface area contributed by atoms with Crippen molar-refractivity contribution in [1.29, 1.82) is 5.26 Å². The molecule has 2 aromatic carbocycles. The number of nitrogens with one attached hydrogen (secondary N) is 3. The number of carbonyl (C=O) groups excluding carboxylic acids is 1. The van der Waals surface area contributed by atoms with Gasteiger partial charge in [-0.05, 0) is 48.0 Å². The number of H-pyrrole nitrogens is 1. The third-order valence-corrected chi connectivity index (χ3v) is 4.36. The van der Waals surface area contributed by atoms with Gasteiger partial charge >= 0.3 is 0 Å². The van der Waals surface area contributed by atoms with E-state index in [1.54, 1.807) is 24.4 Å². The number of fused-ring (bicyclic) bond motifs is 1. The molecule has 0 spiro atoms. The molecule has 0 bridgehead atoms. The molecule has 0 atom stereocenters. The molecule has 2 aromatic heterocycles. The summed E-state index contributed by atoms with van der Waals surface area (Å²) in [6.45, 7) is 0. The summed E-state index contributed by atoms with van der Waals surface area (Å²) in [7, 11) is 0. The van der Waals surface area contributed by atoms with Gasteiger partial charge in [-0.1, -0.05) is 18.2 Å². The van der Waals surface area contributed by atoms with E-state index in [1.165, 1.54) is 0 Å². The molecular weight excluding hydrogens is 350 g/mol. The van der Waals surface area contributed by atoms with Crippen molar-refractivity contribution in [2.45, 2.75) is 6.42 Å². The number of amides is 1. The zero-order valence-electron chi connectivity index (χ0n) is 14.9. The molecule has 0 aliphatic heterocycles. The molecule has 0 radical (unpaired) electrons. The van der Waals surface area contributed by atoms with E-state index in [0.717, 1.165) is 27.8 Å². The fourth-order valence-corrected chi connectivity index (χ4v) is 2.97. The first-order chi connectivity index (χ1) is 13.7. The minimum atomic E-state index is -0.120. The molecule has 28 heavy (non-hydrogen) atoms. The van der Waals surface area contributed by atoms with Crippen molar-refractivity contribution in [3.8, 4) is 6.07 Å². The predicted octanol–water partition coefficient (Wildman–Crippen LogP) is 4.36. The number of pyridine rings is 1. The second-order valence-electron chi connectivity index (χ2n) is 6.33. The third kappa shape index (κ3) is 3.84. The summed E-state index contributed by atoms with van der Waals surface area (Å²) in [6.07, 6.45) is 3.79. The number of anilines is 3. The number of aromatic nitrogens is 2. The van der Waals surface area contributed by atoms with E-state index >= 15 is 0 Å². The molecule has 0 fully saturated rings. The number of nitrogens with zero attached hydrogens (tertiary/aromatic N) is 2. The first-order valence-electron chi connectivity index (χ1n) is 8.79. The van der Waals surface area contributed by atoms with Crippen LogP contribution >= 0.6 is 0 Å². The van der Waals surface area contributed by atoms with Gasteiger partial charge in [-0.2, -0.15) is 5.26 Å². The van der Waals surface area contributed by atoms with E-state index in [0.29, 0.717) is 11.4 Å². The largest absolute Gasteiger partial charge is 0.361 e. The van der Waals surface area contributed by atoms with E-state index in [9.17, 15) is 4.79 Å². The molecule has 0 aliphatic carbocycles. The highest BCUT2D eigenvalue weighted by atomic mass is 16.1. The summed E-state index contributed by atoms with van der Waals surface area (Å²) in [4.78, 5) is 19.8. The summed E-state index contributed by atoms with van der Waals surface area (Å²) in [6, 6.07) is 20.7. The molecule has 0 saturated carbocycles. The van der Waals surface area contributed by atoms with Crippen LogP contribution < -0.4 is 10.6 Å². The van der Waals surface area contributed by atoms with Crippen molar-refractivity contribution < 1.29 is 4.79 Å². The number of benzene rings is 2. The van der Waals surface area contributed by atoms with Crippen molar-refractivity contribution in [2.75, 3.05) is 10.6 Å². The van der Waals surface area contributed by atoms with Crippen LogP contribution in [0.1, 0.15) is 11.1 Å². The Morgan fingerprint density at radius 1 is 1.04 bits per heavy atom. The van der Waals surface area contributed by atoms with Gasteiger partial charge in [-0.25, -0.2) is 4.98 Å². The highest BCUT2D eigenvalue weighted by Gasteiger charge is 2.09. The minimum absolute atomic E-state index is 0.120. The third-order valence-electron chi connectivity index (χ3n) is 4.36. The quantitative estimate of drug-likeness (QED) is 0.488. The Balaban J connectivity index is 1.38. The number of para-hydroxylation sites is 1. The summed E-state index contributed by atoms with van der Waals surface area (Å²) in [5.41, 5.74) is 4.22. The monoisotopic (exact) mass is 367 g/mol. The van der Waals surface area contributed by atoms with Gasteiger partial charge < -0.3 is 15.6 Å². The molecule has 6 heteroatoms. The van der Waals surface area contributed by atoms with Crippen LogP contribution in [0.4, 0.5) is 17.2 Å². The zero-order valence-corrected chi connectivity index (χ0v) is 14.9. The first kappa shape index (κ1) is 17.3. The number of nitriles is 1. The van der Waals surface area contributed by atoms with Crippen LogP contribution in [-0.2, 0) is 11.2 Å². The molecule has 0 saturated heterocycles. The van der Waals surface area contributed by atoms with E-state index < -0.39 is 0 Å². The number of carbonyl (C=O) groups is 1. The molecule has 4 rings (SSSR count). The lowest BCUT2D eigenvalue weighted by Crippen LogP contribution is -2.15. The van der Waals surface area contributed by atoms with Crippen LogP contribution in [0.3, 0.4) is 0 Å². The van der Waals surface area contributed by atoms with Crippen molar-refractivity contribution >= 4 is 34.0 Å². The molecule has 0 aliphatic rings. The van der Waals surface area contributed by atoms with Crippen LogP contribution in [0.15, 0.2) is 73.1 Å². The lowest BCUT2D eigenvalue weighted by atomic mass is 10.1. The predicted molar refractivity (Wildman–Crippen MR) is 109 cm³/mol. The second-order valence-corrected chi connectivity index (χ2v) is 6.33. The lowest BCUT2D eigenvalue weighted by Gasteiger charge is -2.08. The Labute approximate surface area is 161 Å². The van der Waals surface area contributed by atoms with Crippen molar-refractivity contribution in [2.24, 2.45) is 0 Å². The highest BCUT2D eigenvalue weighted by molar-refractivity contribution is 5.95. The maximum Gasteiger partial charge on any atom is 0.230 e. The van der Waals surface area contributed by atoms with Crippen molar-refractivity contribution in [3.63, 3.8) is 0 Å². The van der Waals surface area contributed by atoms with Gasteiger partial charge in [0.1, 0.15) is 5.82 Å². The van der Waals surface area contributed by atoms with Crippen molar-refractivity contribution in [3.05, 3.63) is 84.2 Å². The molecule has 1 amide bonds. The van der Waals surface area contributed by atoms with Gasteiger partial charge in [0.25, 0.3) is 0 Å². The molecule has 6 nitrogen and oxygen atoms in total. The minimum Gasteiger partial charge on any atom is -0.361 e. The average Bonchev–Trinajstić information content (AvgIpc) is 3.13. The van der Waals surface area contributed by atoms with Gasteiger partial charge in [0.2, 0.25) is 5.91 Å². The second kappa shape index (κ2) is 7.64. The Bertz CT molecular complexity index is 1150. The smallest absolute Gasteiger partial charge is 0.230 e. The number of rotatable bonds is 5. The van der Waals surface area contributed by atoms with Gasteiger partial charge in [-0.15, -0.1) is 0 Å².